The third-order valence-electron chi connectivity index (χ3n) is 7.62. The molecule has 1 amide bonds. The largest absolute Gasteiger partial charge is 0.328 e. The summed E-state index contributed by atoms with van der Waals surface area (Å²) in [6.07, 6.45) is 2.45. The molecule has 3 aromatic carbocycles. The molecule has 0 bridgehead atoms. The third-order valence-corrected chi connectivity index (χ3v) is 7.62. The van der Waals surface area contributed by atoms with Gasteiger partial charge >= 0.3 is 0 Å². The number of benzene rings is 3. The predicted octanol–water partition coefficient (Wildman–Crippen LogP) is 7.69. The summed E-state index contributed by atoms with van der Waals surface area (Å²) in [5, 5.41) is 0.568. The van der Waals surface area contributed by atoms with E-state index in [4.69, 9.17) is 4.98 Å². The van der Waals surface area contributed by atoms with Gasteiger partial charge in [0, 0.05) is 12.1 Å². The van der Waals surface area contributed by atoms with Crippen molar-refractivity contribution in [2.45, 2.75) is 79.2 Å². The van der Waals surface area contributed by atoms with Crippen LogP contribution < -0.4 is 5.56 Å². The van der Waals surface area contributed by atoms with Gasteiger partial charge in [-0.05, 0) is 85.2 Å². The van der Waals surface area contributed by atoms with E-state index in [0.29, 0.717) is 35.3 Å². The van der Waals surface area contributed by atoms with Crippen molar-refractivity contribution in [3.63, 3.8) is 0 Å². The molecule has 1 heterocycles. The first kappa shape index (κ1) is 28.3. The molecule has 0 saturated carbocycles. The predicted molar refractivity (Wildman–Crippen MR) is 161 cm³/mol. The fourth-order valence-corrected chi connectivity index (χ4v) is 5.04. The van der Waals surface area contributed by atoms with Gasteiger partial charge in [-0.15, -0.1) is 0 Å². The third kappa shape index (κ3) is 5.83. The number of para-hydroxylation sites is 1. The molecule has 4 aromatic rings. The van der Waals surface area contributed by atoms with Gasteiger partial charge in [0.1, 0.15) is 5.82 Å². The van der Waals surface area contributed by atoms with Crippen molar-refractivity contribution in [3.8, 4) is 5.69 Å². The highest BCUT2D eigenvalue weighted by Gasteiger charge is 2.30. The van der Waals surface area contributed by atoms with Crippen LogP contribution in [0.15, 0.2) is 71.5 Å². The Bertz CT molecular complexity index is 1530. The van der Waals surface area contributed by atoms with E-state index in [0.717, 1.165) is 29.7 Å². The second-order valence-corrected chi connectivity index (χ2v) is 11.5. The second-order valence-electron chi connectivity index (χ2n) is 11.5. The molecule has 0 aliphatic carbocycles. The van der Waals surface area contributed by atoms with Gasteiger partial charge in [0.05, 0.1) is 22.6 Å². The number of amides is 1. The van der Waals surface area contributed by atoms with Crippen LogP contribution in [0.1, 0.15) is 92.8 Å². The molecule has 5 nitrogen and oxygen atoms in total. The number of hydrogen-bond acceptors (Lipinski definition) is 3. The quantitative estimate of drug-likeness (QED) is 0.238. The van der Waals surface area contributed by atoms with Gasteiger partial charge in [0.2, 0.25) is 0 Å². The van der Waals surface area contributed by atoms with Crippen LogP contribution in [0.2, 0.25) is 0 Å². The maximum atomic E-state index is 14.1. The molecule has 204 valence electrons. The van der Waals surface area contributed by atoms with E-state index in [1.807, 2.05) is 78.6 Å². The number of fused-ring (bicyclic) bond motifs is 1. The van der Waals surface area contributed by atoms with Crippen LogP contribution in [-0.2, 0) is 5.41 Å². The molecule has 0 saturated heterocycles. The Hall–Kier alpha value is -3.73. The van der Waals surface area contributed by atoms with E-state index in [-0.39, 0.29) is 22.9 Å². The van der Waals surface area contributed by atoms with Crippen molar-refractivity contribution in [3.05, 3.63) is 105 Å². The van der Waals surface area contributed by atoms with Gasteiger partial charge in [-0.3, -0.25) is 14.2 Å². The first-order valence-corrected chi connectivity index (χ1v) is 14.1. The Kier molecular flexibility index (Phi) is 8.39. The smallest absolute Gasteiger partial charge is 0.266 e. The van der Waals surface area contributed by atoms with Crippen molar-refractivity contribution in [2.24, 2.45) is 0 Å². The summed E-state index contributed by atoms with van der Waals surface area (Å²) in [6.45, 7) is 15.4. The van der Waals surface area contributed by atoms with E-state index in [2.05, 4.69) is 41.5 Å². The molecule has 1 unspecified atom stereocenters. The van der Waals surface area contributed by atoms with Crippen LogP contribution in [0.4, 0.5) is 0 Å². The summed E-state index contributed by atoms with van der Waals surface area (Å²) in [6, 6.07) is 21.1. The van der Waals surface area contributed by atoms with Crippen molar-refractivity contribution < 1.29 is 4.79 Å². The van der Waals surface area contributed by atoms with Gasteiger partial charge in [-0.25, -0.2) is 4.98 Å². The standard InChI is InChI=1S/C34H41N3O2/c1-8-10-21-36(32(38)25-16-18-26(19-17-25)34(5,6)7)30(9-2)31-35-29-14-12-11-13-28(29)33(39)37(31)27-20-15-23(3)24(4)22-27/h11-20,22,30H,8-10,21H2,1-7H3. The summed E-state index contributed by atoms with van der Waals surface area (Å²) in [7, 11) is 0. The molecule has 0 spiro atoms. The number of rotatable bonds is 8. The number of aromatic nitrogens is 2. The van der Waals surface area contributed by atoms with Gasteiger partial charge in [-0.2, -0.15) is 0 Å². The van der Waals surface area contributed by atoms with Crippen molar-refractivity contribution >= 4 is 16.8 Å². The molecule has 0 fully saturated rings. The van der Waals surface area contributed by atoms with Crippen LogP contribution in [0.3, 0.4) is 0 Å². The zero-order chi connectivity index (χ0) is 28.3. The molecule has 5 heteroatoms. The SMILES string of the molecule is CCCCN(C(=O)c1ccc(C(C)(C)C)cc1)C(CC)c1nc2ccccc2c(=O)n1-c1ccc(C)c(C)c1. The lowest BCUT2D eigenvalue weighted by Crippen LogP contribution is -2.39. The molecule has 1 atom stereocenters. The highest BCUT2D eigenvalue weighted by atomic mass is 16.2. The summed E-state index contributed by atoms with van der Waals surface area (Å²) in [5.41, 5.74) is 5.41. The zero-order valence-corrected chi connectivity index (χ0v) is 24.4. The number of unbranched alkanes of at least 4 members (excludes halogenated alkanes) is 1. The number of aryl methyl sites for hydroxylation is 2. The Morgan fingerprint density at radius 2 is 1.64 bits per heavy atom. The highest BCUT2D eigenvalue weighted by Crippen LogP contribution is 2.29. The minimum atomic E-state index is -0.370. The van der Waals surface area contributed by atoms with Gasteiger partial charge in [0.25, 0.3) is 11.5 Å². The average molecular weight is 524 g/mol. The Balaban J connectivity index is 1.90. The van der Waals surface area contributed by atoms with E-state index >= 15 is 0 Å². The molecule has 0 aliphatic heterocycles. The normalized spacial score (nSPS) is 12.5. The van der Waals surface area contributed by atoms with E-state index in [1.165, 1.54) is 5.56 Å². The Morgan fingerprint density at radius 3 is 2.26 bits per heavy atom. The lowest BCUT2D eigenvalue weighted by molar-refractivity contribution is 0.0656. The van der Waals surface area contributed by atoms with Crippen molar-refractivity contribution in [1.29, 1.82) is 0 Å². The van der Waals surface area contributed by atoms with Crippen molar-refractivity contribution in [2.75, 3.05) is 6.54 Å². The van der Waals surface area contributed by atoms with Crippen LogP contribution in [0.5, 0.6) is 0 Å². The first-order valence-electron chi connectivity index (χ1n) is 14.1. The maximum absolute atomic E-state index is 14.1. The second kappa shape index (κ2) is 11.6. The summed E-state index contributed by atoms with van der Waals surface area (Å²) in [5.74, 6) is 0.560. The lowest BCUT2D eigenvalue weighted by Gasteiger charge is -2.33. The van der Waals surface area contributed by atoms with E-state index in [9.17, 15) is 9.59 Å². The van der Waals surface area contributed by atoms with Crippen LogP contribution in [-0.4, -0.2) is 26.9 Å². The number of hydrogen-bond donors (Lipinski definition) is 0. The Morgan fingerprint density at radius 1 is 0.949 bits per heavy atom. The monoisotopic (exact) mass is 523 g/mol. The molecule has 0 radical (unpaired) electrons. The van der Waals surface area contributed by atoms with Gasteiger partial charge in [-0.1, -0.05) is 71.4 Å². The topological polar surface area (TPSA) is 55.2 Å². The molecule has 4 rings (SSSR count). The highest BCUT2D eigenvalue weighted by molar-refractivity contribution is 5.94. The first-order chi connectivity index (χ1) is 18.6. The van der Waals surface area contributed by atoms with Crippen molar-refractivity contribution in [1.82, 2.24) is 14.5 Å². The molecular weight excluding hydrogens is 482 g/mol. The van der Waals surface area contributed by atoms with E-state index in [1.54, 1.807) is 4.57 Å². The van der Waals surface area contributed by atoms with E-state index < -0.39 is 0 Å². The Labute approximate surface area is 232 Å². The maximum Gasteiger partial charge on any atom is 0.266 e. The average Bonchev–Trinajstić information content (AvgIpc) is 2.92. The minimum absolute atomic E-state index is 0.00663. The summed E-state index contributed by atoms with van der Waals surface area (Å²) in [4.78, 5) is 35.1. The minimum Gasteiger partial charge on any atom is -0.328 e. The number of nitrogens with zero attached hydrogens (tertiary/aromatic N) is 3. The number of carbonyl (C=O) groups is 1. The van der Waals surface area contributed by atoms with Gasteiger partial charge in [0.15, 0.2) is 0 Å². The lowest BCUT2D eigenvalue weighted by atomic mass is 9.86. The molecular formula is C34H41N3O2. The van der Waals surface area contributed by atoms with Crippen LogP contribution in [0, 0.1) is 13.8 Å². The zero-order valence-electron chi connectivity index (χ0n) is 24.4. The summed E-state index contributed by atoms with van der Waals surface area (Å²) < 4.78 is 1.72. The van der Waals surface area contributed by atoms with Gasteiger partial charge < -0.3 is 4.90 Å². The molecule has 39 heavy (non-hydrogen) atoms. The summed E-state index contributed by atoms with van der Waals surface area (Å²) >= 11 is 0. The molecule has 0 aliphatic rings. The van der Waals surface area contributed by atoms with Crippen LogP contribution >= 0.6 is 0 Å². The fraction of sp³-hybridized carbons (Fsp3) is 0.382. The molecule has 0 N–H and O–H groups in total. The molecule has 1 aromatic heterocycles. The van der Waals surface area contributed by atoms with Crippen LogP contribution in [0.25, 0.3) is 16.6 Å². The fourth-order valence-electron chi connectivity index (χ4n) is 5.04. The number of carbonyl (C=O) groups excluding carboxylic acids is 1.